The van der Waals surface area contributed by atoms with Crippen molar-refractivity contribution >= 4 is 10.0 Å². The summed E-state index contributed by atoms with van der Waals surface area (Å²) in [5.74, 6) is 0.446. The molecule has 1 saturated carbocycles. The van der Waals surface area contributed by atoms with Gasteiger partial charge in [0.15, 0.2) is 0 Å². The van der Waals surface area contributed by atoms with Crippen molar-refractivity contribution < 1.29 is 8.42 Å². The van der Waals surface area contributed by atoms with Crippen molar-refractivity contribution in [1.82, 2.24) is 19.8 Å². The first-order valence-electron chi connectivity index (χ1n) is 6.52. The minimum Gasteiger partial charge on any atom is -0.318 e. The van der Waals surface area contributed by atoms with Crippen LogP contribution in [0.5, 0.6) is 0 Å². The third-order valence-electron chi connectivity index (χ3n) is 3.75. The molecular formula is C12H22N4O2S. The highest BCUT2D eigenvalue weighted by atomic mass is 32.2. The molecule has 19 heavy (non-hydrogen) atoms. The van der Waals surface area contributed by atoms with Gasteiger partial charge in [0.2, 0.25) is 10.0 Å². The van der Waals surface area contributed by atoms with Crippen LogP contribution in [0.25, 0.3) is 0 Å². The second-order valence-electron chi connectivity index (χ2n) is 5.78. The van der Waals surface area contributed by atoms with Gasteiger partial charge in [-0.1, -0.05) is 13.8 Å². The molecule has 0 spiro atoms. The summed E-state index contributed by atoms with van der Waals surface area (Å²) in [6.07, 6.45) is 4.05. The Hall–Kier alpha value is -0.920. The lowest BCUT2D eigenvalue weighted by Gasteiger charge is -2.06. The minimum absolute atomic E-state index is 0.238. The number of nitrogens with one attached hydrogen (secondary N) is 2. The quantitative estimate of drug-likeness (QED) is 0.762. The van der Waals surface area contributed by atoms with Crippen LogP contribution in [0.1, 0.15) is 20.3 Å². The predicted molar refractivity (Wildman–Crippen MR) is 73.2 cm³/mol. The fraction of sp³-hybridized carbons (Fsp3) is 0.750. The minimum atomic E-state index is -3.42. The molecule has 108 valence electrons. The molecule has 0 bridgehead atoms. The molecule has 0 radical (unpaired) electrons. The highest BCUT2D eigenvalue weighted by Gasteiger charge is 2.45. The van der Waals surface area contributed by atoms with Gasteiger partial charge in [0.25, 0.3) is 0 Å². The van der Waals surface area contributed by atoms with E-state index in [-0.39, 0.29) is 10.3 Å². The van der Waals surface area contributed by atoms with E-state index in [1.165, 1.54) is 6.20 Å². The molecule has 1 atom stereocenters. The molecule has 6 nitrogen and oxygen atoms in total. The predicted octanol–water partition coefficient (Wildman–Crippen LogP) is 0.427. The molecule has 1 aromatic rings. The van der Waals surface area contributed by atoms with Crippen LogP contribution in [-0.4, -0.2) is 38.3 Å². The van der Waals surface area contributed by atoms with Gasteiger partial charge in [0, 0.05) is 19.3 Å². The maximum atomic E-state index is 12.1. The van der Waals surface area contributed by atoms with Crippen LogP contribution in [-0.2, 0) is 16.6 Å². The van der Waals surface area contributed by atoms with Crippen LogP contribution >= 0.6 is 0 Å². The summed E-state index contributed by atoms with van der Waals surface area (Å²) in [7, 11) is -1.58. The monoisotopic (exact) mass is 286 g/mol. The molecule has 0 amide bonds. The Labute approximate surface area is 114 Å². The van der Waals surface area contributed by atoms with Crippen molar-refractivity contribution in [2.45, 2.75) is 31.7 Å². The van der Waals surface area contributed by atoms with Gasteiger partial charge in [-0.15, -0.1) is 0 Å². The highest BCUT2D eigenvalue weighted by molar-refractivity contribution is 7.89. The Morgan fingerprint density at radius 3 is 2.79 bits per heavy atom. The van der Waals surface area contributed by atoms with E-state index in [2.05, 4.69) is 29.0 Å². The van der Waals surface area contributed by atoms with Gasteiger partial charge < -0.3 is 5.32 Å². The van der Waals surface area contributed by atoms with Crippen LogP contribution < -0.4 is 10.0 Å². The van der Waals surface area contributed by atoms with Crippen LogP contribution in [0.3, 0.4) is 0 Å². The Kier molecular flexibility index (Phi) is 3.98. The summed E-state index contributed by atoms with van der Waals surface area (Å²) < 4.78 is 28.5. The third-order valence-corrected chi connectivity index (χ3v) is 5.13. The van der Waals surface area contributed by atoms with Crippen molar-refractivity contribution in [3.63, 3.8) is 0 Å². The molecule has 1 aliphatic carbocycles. The van der Waals surface area contributed by atoms with Gasteiger partial charge in [-0.2, -0.15) is 5.10 Å². The van der Waals surface area contributed by atoms with Crippen molar-refractivity contribution in [2.24, 2.45) is 11.3 Å². The number of nitrogens with zero attached hydrogens (tertiary/aromatic N) is 2. The van der Waals surface area contributed by atoms with Gasteiger partial charge in [-0.05, 0) is 24.8 Å². The molecule has 1 aliphatic rings. The zero-order valence-corrected chi connectivity index (χ0v) is 12.5. The van der Waals surface area contributed by atoms with Gasteiger partial charge in [0.05, 0.1) is 12.7 Å². The van der Waals surface area contributed by atoms with Crippen LogP contribution in [0.4, 0.5) is 0 Å². The summed E-state index contributed by atoms with van der Waals surface area (Å²) in [4.78, 5) is 0.238. The summed E-state index contributed by atoms with van der Waals surface area (Å²) in [5.41, 5.74) is 0.277. The van der Waals surface area contributed by atoms with Gasteiger partial charge in [-0.25, -0.2) is 13.1 Å². The smallest absolute Gasteiger partial charge is 0.243 e. The van der Waals surface area contributed by atoms with Crippen molar-refractivity contribution in [3.05, 3.63) is 12.4 Å². The maximum absolute atomic E-state index is 12.1. The van der Waals surface area contributed by atoms with E-state index in [0.29, 0.717) is 19.0 Å². The van der Waals surface area contributed by atoms with Crippen molar-refractivity contribution in [2.75, 3.05) is 20.1 Å². The Balaban J connectivity index is 1.93. The number of sulfonamides is 1. The van der Waals surface area contributed by atoms with Gasteiger partial charge in [0.1, 0.15) is 4.90 Å². The Morgan fingerprint density at radius 1 is 1.53 bits per heavy atom. The van der Waals surface area contributed by atoms with Crippen LogP contribution in [0.15, 0.2) is 17.3 Å². The fourth-order valence-electron chi connectivity index (χ4n) is 2.05. The van der Waals surface area contributed by atoms with Gasteiger partial charge in [-0.3, -0.25) is 4.68 Å². The Bertz CT molecular complexity index is 536. The summed E-state index contributed by atoms with van der Waals surface area (Å²) in [6.45, 7) is 6.23. The normalized spacial score (nSPS) is 21.5. The molecule has 1 aromatic heterocycles. The second-order valence-corrected chi connectivity index (χ2v) is 7.55. The molecule has 0 aromatic carbocycles. The highest BCUT2D eigenvalue weighted by Crippen LogP contribution is 2.51. The lowest BCUT2D eigenvalue weighted by Crippen LogP contribution is -2.26. The number of likely N-dealkylation sites (N-methyl/N-ethyl adjacent to an activating group) is 1. The standard InChI is InChI=1S/C12H22N4O2S/c1-12(2)6-10(12)7-15-19(17,18)11-8-14-16(9-11)5-4-13-3/h8-10,13,15H,4-7H2,1-3H3. The molecule has 2 rings (SSSR count). The molecule has 1 unspecified atom stereocenters. The SMILES string of the molecule is CNCCn1cc(S(=O)(=O)NCC2CC2(C)C)cn1. The van der Waals surface area contributed by atoms with E-state index in [4.69, 9.17) is 0 Å². The second kappa shape index (κ2) is 5.22. The van der Waals surface area contributed by atoms with Crippen LogP contribution in [0.2, 0.25) is 0 Å². The van der Waals surface area contributed by atoms with Crippen LogP contribution in [0, 0.1) is 11.3 Å². The third kappa shape index (κ3) is 3.55. The molecule has 2 N–H and O–H groups in total. The molecule has 7 heteroatoms. The van der Waals surface area contributed by atoms with E-state index >= 15 is 0 Å². The molecule has 1 fully saturated rings. The fourth-order valence-corrected chi connectivity index (χ4v) is 3.08. The average Bonchev–Trinajstić information content (AvgIpc) is 2.78. The number of hydrogen-bond donors (Lipinski definition) is 2. The Morgan fingerprint density at radius 2 is 2.21 bits per heavy atom. The summed E-state index contributed by atoms with van der Waals surface area (Å²) in [6, 6.07) is 0. The molecule has 0 saturated heterocycles. The first-order valence-corrected chi connectivity index (χ1v) is 8.00. The van der Waals surface area contributed by atoms with E-state index in [1.54, 1.807) is 10.9 Å². The lowest BCUT2D eigenvalue weighted by molar-refractivity contribution is 0.537. The van der Waals surface area contributed by atoms with E-state index in [9.17, 15) is 8.42 Å². The van der Waals surface area contributed by atoms with Crippen molar-refractivity contribution in [3.8, 4) is 0 Å². The number of rotatable bonds is 7. The van der Waals surface area contributed by atoms with E-state index < -0.39 is 10.0 Å². The zero-order chi connectivity index (χ0) is 14.1. The molecular weight excluding hydrogens is 264 g/mol. The first kappa shape index (κ1) is 14.5. The average molecular weight is 286 g/mol. The van der Waals surface area contributed by atoms with Gasteiger partial charge >= 0.3 is 0 Å². The lowest BCUT2D eigenvalue weighted by atomic mass is 10.1. The number of hydrogen-bond acceptors (Lipinski definition) is 4. The topological polar surface area (TPSA) is 76.0 Å². The summed E-state index contributed by atoms with van der Waals surface area (Å²) in [5, 5.41) is 7.04. The maximum Gasteiger partial charge on any atom is 0.243 e. The summed E-state index contributed by atoms with van der Waals surface area (Å²) >= 11 is 0. The van der Waals surface area contributed by atoms with E-state index in [0.717, 1.165) is 13.0 Å². The number of aromatic nitrogens is 2. The largest absolute Gasteiger partial charge is 0.318 e. The van der Waals surface area contributed by atoms with Crippen molar-refractivity contribution in [1.29, 1.82) is 0 Å². The molecule has 0 aliphatic heterocycles. The molecule has 1 heterocycles. The first-order chi connectivity index (χ1) is 8.85. The zero-order valence-electron chi connectivity index (χ0n) is 11.7. The van der Waals surface area contributed by atoms with E-state index in [1.807, 2.05) is 7.05 Å².